The lowest BCUT2D eigenvalue weighted by Gasteiger charge is -2.30. The highest BCUT2D eigenvalue weighted by Crippen LogP contribution is 2.49. The largest absolute Gasteiger partial charge is 0.479 e. The average molecular weight is 293 g/mol. The lowest BCUT2D eigenvalue weighted by atomic mass is 9.86. The molecule has 2 aliphatic carbocycles. The second kappa shape index (κ2) is 4.93. The molecule has 20 heavy (non-hydrogen) atoms. The van der Waals surface area contributed by atoms with E-state index in [1.165, 1.54) is 0 Å². The van der Waals surface area contributed by atoms with Crippen LogP contribution in [0.5, 0.6) is 0 Å². The van der Waals surface area contributed by atoms with Gasteiger partial charge in [0.2, 0.25) is 11.4 Å². The summed E-state index contributed by atoms with van der Waals surface area (Å²) in [4.78, 5) is 22.6. The number of carbonyl (C=O) groups excluding carboxylic acids is 1. The molecule has 4 atom stereocenters. The minimum absolute atomic E-state index is 0.0138. The zero-order valence-corrected chi connectivity index (χ0v) is 11.2. The first kappa shape index (κ1) is 15.1. The van der Waals surface area contributed by atoms with E-state index in [1.54, 1.807) is 5.32 Å². The molecular formula is C13H18F3NO3. The van der Waals surface area contributed by atoms with Gasteiger partial charge in [0.15, 0.2) is 0 Å². The van der Waals surface area contributed by atoms with Crippen LogP contribution in [-0.2, 0) is 9.59 Å². The van der Waals surface area contributed by atoms with E-state index in [1.807, 2.05) is 0 Å². The number of nitrogens with one attached hydrogen (secondary N) is 1. The van der Waals surface area contributed by atoms with Crippen molar-refractivity contribution in [2.45, 2.75) is 50.7 Å². The highest BCUT2D eigenvalue weighted by Gasteiger charge is 2.58. The molecule has 0 radical (unpaired) electrons. The van der Waals surface area contributed by atoms with E-state index >= 15 is 0 Å². The Bertz CT molecular complexity index is 424. The van der Waals surface area contributed by atoms with Crippen molar-refractivity contribution >= 4 is 11.9 Å². The Balaban J connectivity index is 1.97. The molecule has 2 N–H and O–H groups in total. The summed E-state index contributed by atoms with van der Waals surface area (Å²) >= 11 is 0. The van der Waals surface area contributed by atoms with E-state index < -0.39 is 23.6 Å². The summed E-state index contributed by atoms with van der Waals surface area (Å²) in [6.07, 6.45) is -0.957. The molecule has 0 aliphatic heterocycles. The number of hydrogen-bond donors (Lipinski definition) is 2. The van der Waals surface area contributed by atoms with Crippen LogP contribution in [-0.4, -0.2) is 28.7 Å². The quantitative estimate of drug-likeness (QED) is 0.836. The summed E-state index contributed by atoms with van der Waals surface area (Å²) in [5, 5.41) is 10.4. The van der Waals surface area contributed by atoms with E-state index in [2.05, 4.69) is 0 Å². The van der Waals surface area contributed by atoms with Crippen molar-refractivity contribution in [3.8, 4) is 0 Å². The second-order valence-electron chi connectivity index (χ2n) is 6.12. The molecule has 0 aromatic carbocycles. The van der Waals surface area contributed by atoms with Gasteiger partial charge in [-0.1, -0.05) is 6.42 Å². The van der Waals surface area contributed by atoms with Gasteiger partial charge in [0.05, 0.1) is 0 Å². The van der Waals surface area contributed by atoms with Gasteiger partial charge >= 0.3 is 12.1 Å². The number of aliphatic carboxylic acids is 1. The van der Waals surface area contributed by atoms with Crippen LogP contribution in [0.3, 0.4) is 0 Å². The first-order chi connectivity index (χ1) is 9.13. The predicted molar refractivity (Wildman–Crippen MR) is 63.8 cm³/mol. The van der Waals surface area contributed by atoms with Crippen molar-refractivity contribution in [3.63, 3.8) is 0 Å². The minimum Gasteiger partial charge on any atom is -0.479 e. The number of halogens is 3. The maximum Gasteiger partial charge on any atom is 0.422 e. The van der Waals surface area contributed by atoms with Gasteiger partial charge in [0.25, 0.3) is 0 Å². The van der Waals surface area contributed by atoms with Crippen molar-refractivity contribution in [2.24, 2.45) is 17.8 Å². The number of hydrogen-bond acceptors (Lipinski definition) is 2. The second-order valence-corrected chi connectivity index (χ2v) is 6.12. The number of carbonyl (C=O) groups is 2. The molecule has 2 fully saturated rings. The Morgan fingerprint density at radius 1 is 1.25 bits per heavy atom. The summed E-state index contributed by atoms with van der Waals surface area (Å²) in [5.41, 5.74) is -3.22. The van der Waals surface area contributed by atoms with Crippen LogP contribution in [0.4, 0.5) is 13.2 Å². The van der Waals surface area contributed by atoms with Crippen LogP contribution < -0.4 is 5.32 Å². The Hall–Kier alpha value is -1.27. The number of alkyl halides is 3. The molecule has 0 spiro atoms. The highest BCUT2D eigenvalue weighted by molar-refractivity contribution is 5.87. The maximum atomic E-state index is 12.8. The molecule has 4 unspecified atom stereocenters. The van der Waals surface area contributed by atoms with Crippen LogP contribution >= 0.6 is 0 Å². The number of rotatable bonds is 4. The van der Waals surface area contributed by atoms with Gasteiger partial charge < -0.3 is 10.4 Å². The first-order valence-corrected chi connectivity index (χ1v) is 6.74. The molecule has 0 heterocycles. The molecule has 1 amide bonds. The van der Waals surface area contributed by atoms with Crippen molar-refractivity contribution in [1.82, 2.24) is 5.32 Å². The fourth-order valence-corrected chi connectivity index (χ4v) is 3.44. The van der Waals surface area contributed by atoms with Crippen molar-refractivity contribution in [1.29, 1.82) is 0 Å². The Morgan fingerprint density at radius 2 is 1.90 bits per heavy atom. The lowest BCUT2D eigenvalue weighted by molar-refractivity contribution is -0.207. The monoisotopic (exact) mass is 293 g/mol. The van der Waals surface area contributed by atoms with Gasteiger partial charge in [-0.25, -0.2) is 4.79 Å². The molecular weight excluding hydrogens is 275 g/mol. The van der Waals surface area contributed by atoms with Crippen LogP contribution in [0.15, 0.2) is 0 Å². The average Bonchev–Trinajstić information content (AvgIpc) is 2.88. The van der Waals surface area contributed by atoms with Gasteiger partial charge in [0, 0.05) is 6.42 Å². The van der Waals surface area contributed by atoms with E-state index in [0.717, 1.165) is 25.7 Å². The van der Waals surface area contributed by atoms with Crippen molar-refractivity contribution in [3.05, 3.63) is 0 Å². The number of carboxylic acids is 1. The molecule has 0 aromatic rings. The Kier molecular flexibility index (Phi) is 3.73. The standard InChI is InChI=1S/C13H18F3NO3/c1-12(11(19)20,13(14,15)16)17-10(18)6-9-5-7-2-3-8(9)4-7/h7-9H,2-6H2,1H3,(H,17,18)(H,19,20). The summed E-state index contributed by atoms with van der Waals surface area (Å²) < 4.78 is 38.3. The molecule has 4 nitrogen and oxygen atoms in total. The molecule has 114 valence electrons. The predicted octanol–water partition coefficient (Wildman–Crippen LogP) is 2.33. The topological polar surface area (TPSA) is 66.4 Å². The normalized spacial score (nSPS) is 31.9. The molecule has 2 saturated carbocycles. The Morgan fingerprint density at radius 3 is 2.30 bits per heavy atom. The summed E-state index contributed by atoms with van der Waals surface area (Å²) in [5.74, 6) is -1.82. The maximum absolute atomic E-state index is 12.8. The van der Waals surface area contributed by atoms with E-state index in [0.29, 0.717) is 18.8 Å². The Labute approximate surface area is 114 Å². The lowest BCUT2D eigenvalue weighted by Crippen LogP contribution is -2.62. The summed E-state index contributed by atoms with van der Waals surface area (Å²) in [6, 6.07) is 0. The molecule has 0 aromatic heterocycles. The fraction of sp³-hybridized carbons (Fsp3) is 0.846. The third-order valence-corrected chi connectivity index (χ3v) is 4.72. The molecule has 7 heteroatoms. The van der Waals surface area contributed by atoms with Gasteiger partial charge in [-0.05, 0) is 43.9 Å². The molecule has 2 rings (SSSR count). The van der Waals surface area contributed by atoms with Gasteiger partial charge in [0.1, 0.15) is 0 Å². The molecule has 2 aliphatic rings. The first-order valence-electron chi connectivity index (χ1n) is 6.74. The van der Waals surface area contributed by atoms with Gasteiger partial charge in [-0.15, -0.1) is 0 Å². The molecule has 0 saturated heterocycles. The van der Waals surface area contributed by atoms with Crippen LogP contribution in [0.1, 0.15) is 39.0 Å². The number of amides is 1. The van der Waals surface area contributed by atoms with E-state index in [9.17, 15) is 22.8 Å². The van der Waals surface area contributed by atoms with Crippen LogP contribution in [0.2, 0.25) is 0 Å². The van der Waals surface area contributed by atoms with E-state index in [-0.39, 0.29) is 12.3 Å². The third-order valence-electron chi connectivity index (χ3n) is 4.72. The SMILES string of the molecule is CC(NC(=O)CC1CC2CCC1C2)(C(=O)O)C(F)(F)F. The van der Waals surface area contributed by atoms with Gasteiger partial charge in [-0.3, -0.25) is 4.79 Å². The van der Waals surface area contributed by atoms with E-state index in [4.69, 9.17) is 5.11 Å². The third kappa shape index (κ3) is 2.62. The smallest absolute Gasteiger partial charge is 0.422 e. The summed E-state index contributed by atoms with van der Waals surface area (Å²) in [6.45, 7) is 0.480. The number of carboxylic acid groups (broad SMARTS) is 1. The summed E-state index contributed by atoms with van der Waals surface area (Å²) in [7, 11) is 0. The highest BCUT2D eigenvalue weighted by atomic mass is 19.4. The van der Waals surface area contributed by atoms with Crippen molar-refractivity contribution in [2.75, 3.05) is 0 Å². The van der Waals surface area contributed by atoms with Crippen LogP contribution in [0, 0.1) is 17.8 Å². The zero-order valence-electron chi connectivity index (χ0n) is 11.2. The van der Waals surface area contributed by atoms with Crippen molar-refractivity contribution < 1.29 is 27.9 Å². The van der Waals surface area contributed by atoms with Gasteiger partial charge in [-0.2, -0.15) is 13.2 Å². The van der Waals surface area contributed by atoms with Crippen LogP contribution in [0.25, 0.3) is 0 Å². The zero-order chi connectivity index (χ0) is 15.1. The number of fused-ring (bicyclic) bond motifs is 2. The molecule has 2 bridgehead atoms. The minimum atomic E-state index is -5.02. The fourth-order valence-electron chi connectivity index (χ4n) is 3.44.